The molecular formula is C37H43F2I2N3O. The topological polar surface area (TPSA) is 57.8 Å². The van der Waals surface area contributed by atoms with Crippen molar-refractivity contribution in [2.24, 2.45) is 17.3 Å². The van der Waals surface area contributed by atoms with Gasteiger partial charge in [-0.2, -0.15) is 0 Å². The first-order chi connectivity index (χ1) is 21.5. The van der Waals surface area contributed by atoms with E-state index in [1.807, 2.05) is 24.3 Å². The number of aromatic nitrogens is 2. The molecule has 4 nitrogen and oxygen atoms in total. The normalized spacial score (nSPS) is 22.8. The Morgan fingerprint density at radius 3 is 2.42 bits per heavy atom. The number of benzene rings is 2. The predicted molar refractivity (Wildman–Crippen MR) is 199 cm³/mol. The van der Waals surface area contributed by atoms with Crippen LogP contribution in [0, 0.1) is 17.3 Å². The summed E-state index contributed by atoms with van der Waals surface area (Å²) in [5.74, 6) is -1.37. The van der Waals surface area contributed by atoms with Crippen LogP contribution in [0.2, 0.25) is 0 Å². The van der Waals surface area contributed by atoms with Gasteiger partial charge in [-0.15, -0.1) is 0 Å². The molecule has 0 amide bonds. The van der Waals surface area contributed by atoms with Crippen molar-refractivity contribution in [2.75, 3.05) is 4.43 Å². The van der Waals surface area contributed by atoms with E-state index in [4.69, 9.17) is 0 Å². The Balaban J connectivity index is 1.10. The van der Waals surface area contributed by atoms with Gasteiger partial charge in [0.25, 0.3) is 0 Å². The number of carbonyl (C=O) groups is 1. The van der Waals surface area contributed by atoms with Gasteiger partial charge in [-0.05, 0) is 6.42 Å². The second-order valence-electron chi connectivity index (χ2n) is 14.0. The third-order valence-corrected chi connectivity index (χ3v) is 21.9. The van der Waals surface area contributed by atoms with Gasteiger partial charge in [-0.1, -0.05) is 26.7 Å². The number of imidazole rings is 1. The molecule has 2 N–H and O–H groups in total. The maximum Gasteiger partial charge on any atom is -0.342 e. The fourth-order valence-electron chi connectivity index (χ4n) is 6.84. The molecule has 1 saturated heterocycles. The summed E-state index contributed by atoms with van der Waals surface area (Å²) >= 11 is -2.24. The molecule has 3 atom stereocenters. The first-order valence-electron chi connectivity index (χ1n) is 16.4. The fourth-order valence-corrected chi connectivity index (χ4v) is 20.6. The Bertz CT molecular complexity index is 1720. The van der Waals surface area contributed by atoms with Crippen LogP contribution in [0.1, 0.15) is 102 Å². The third kappa shape index (κ3) is 5.67. The van der Waals surface area contributed by atoms with Gasteiger partial charge in [-0.25, -0.2) is 4.98 Å². The van der Waals surface area contributed by atoms with E-state index in [0.717, 1.165) is 54.0 Å². The van der Waals surface area contributed by atoms with Crippen LogP contribution in [0.25, 0.3) is 28.1 Å². The van der Waals surface area contributed by atoms with Gasteiger partial charge < -0.3 is 4.98 Å². The van der Waals surface area contributed by atoms with Crippen molar-refractivity contribution >= 4 is 53.7 Å². The Kier molecular flexibility index (Phi) is 8.39. The molecule has 2 aromatic carbocycles. The van der Waals surface area contributed by atoms with E-state index in [9.17, 15) is 4.79 Å². The maximum atomic E-state index is 16.2. The minimum Gasteiger partial charge on any atom is -0.342 e. The van der Waals surface area contributed by atoms with Crippen LogP contribution in [0.4, 0.5) is 8.78 Å². The summed E-state index contributed by atoms with van der Waals surface area (Å²) in [5, 5.41) is 3.72. The number of carbonyl (C=O) groups excluding carboxylic acids is 1. The van der Waals surface area contributed by atoms with Crippen LogP contribution < -0.4 is 5.32 Å². The van der Waals surface area contributed by atoms with Crippen molar-refractivity contribution in [1.82, 2.24) is 15.3 Å². The molecule has 2 aliphatic heterocycles. The van der Waals surface area contributed by atoms with Crippen LogP contribution in [0.15, 0.2) is 46.7 Å². The Hall–Kier alpha value is -1.95. The largest absolute Gasteiger partial charge is 0.342 e. The van der Waals surface area contributed by atoms with Crippen molar-refractivity contribution in [3.63, 3.8) is 0 Å². The standard InChI is InChI=1S/C37H43F2I2N3O/c1-6-7-8-22(4)35-42-19-32(44-35)25-10-12-27-26-11-9-24(15-28(26)37(38,39)29(27)16-25)31-18-40-33(43-31)30-17-36(13-14-36)20-41(30)34(45)23(5)21(2)3/h9-12,15-16,18-19,21-23,30,43H,6-8,13-14,17,20H2,1-5H3,(H,42,44)/t22-,23-,30-/m0/s1. The number of halogens is 4. The van der Waals surface area contributed by atoms with Gasteiger partial charge in [0.2, 0.25) is 0 Å². The van der Waals surface area contributed by atoms with E-state index >= 15 is 8.78 Å². The van der Waals surface area contributed by atoms with Gasteiger partial charge in [-0.3, -0.25) is 0 Å². The summed E-state index contributed by atoms with van der Waals surface area (Å²) in [6, 6.07) is 11.0. The number of alkyl halides is 4. The molecule has 0 radical (unpaired) electrons. The van der Waals surface area contributed by atoms with Crippen LogP contribution in [0.5, 0.6) is 0 Å². The molecule has 3 heterocycles. The van der Waals surface area contributed by atoms with Crippen molar-refractivity contribution in [3.05, 3.63) is 69.2 Å². The summed E-state index contributed by atoms with van der Waals surface area (Å²) in [7, 11) is 0. The molecule has 2 fully saturated rings. The number of hydrogen-bond donors (Lipinski definition) is 2. The van der Waals surface area contributed by atoms with Crippen molar-refractivity contribution < 1.29 is 13.6 Å². The van der Waals surface area contributed by atoms with Gasteiger partial charge in [0.1, 0.15) is 5.82 Å². The predicted octanol–water partition coefficient (Wildman–Crippen LogP) is 10.4. The number of fused-ring (bicyclic) bond motifs is 3. The van der Waals surface area contributed by atoms with Crippen molar-refractivity contribution in [3.8, 4) is 22.4 Å². The van der Waals surface area contributed by atoms with Crippen LogP contribution in [-0.4, -0.2) is 25.7 Å². The molecule has 8 heteroatoms. The van der Waals surface area contributed by atoms with Crippen LogP contribution in [0.3, 0.4) is 0 Å². The van der Waals surface area contributed by atoms with E-state index in [1.54, 1.807) is 18.3 Å². The third-order valence-electron chi connectivity index (χ3n) is 10.4. The molecule has 3 aromatic rings. The Morgan fingerprint density at radius 1 is 1.07 bits per heavy atom. The first-order valence-corrected chi connectivity index (χ1v) is 22.6. The zero-order chi connectivity index (χ0) is 31.7. The Morgan fingerprint density at radius 2 is 1.76 bits per heavy atom. The molecule has 2 aliphatic carbocycles. The number of aromatic amines is 1. The number of nitrogens with zero attached hydrogens (tertiary/aromatic N) is 1. The molecule has 7 rings (SSSR count). The summed E-state index contributed by atoms with van der Waals surface area (Å²) in [5.41, 5.74) is 5.04. The smallest absolute Gasteiger partial charge is 0.342 e. The molecule has 240 valence electrons. The molecule has 45 heavy (non-hydrogen) atoms. The number of hydrogen-bond acceptors (Lipinski definition) is 3. The summed E-state index contributed by atoms with van der Waals surface area (Å²) < 4.78 is 38.1. The zero-order valence-corrected chi connectivity index (χ0v) is 31.1. The molecular weight excluding hydrogens is 794 g/mol. The first kappa shape index (κ1) is 31.6. The summed E-state index contributed by atoms with van der Waals surface area (Å²) in [6.07, 6.45) is 8.80. The van der Waals surface area contributed by atoms with E-state index < -0.39 is 25.7 Å². The van der Waals surface area contributed by atoms with E-state index in [0.29, 0.717) is 36.1 Å². The average molecular weight is 838 g/mol. The molecule has 1 spiro atoms. The van der Waals surface area contributed by atoms with E-state index in [2.05, 4.69) is 54.0 Å². The summed E-state index contributed by atoms with van der Waals surface area (Å²) in [4.78, 5) is 21.6. The average Bonchev–Trinajstić information content (AvgIpc) is 3.44. The number of nitrogens with one attached hydrogen (secondary N) is 2. The van der Waals surface area contributed by atoms with Crippen molar-refractivity contribution in [1.29, 1.82) is 0 Å². The van der Waals surface area contributed by atoms with E-state index in [-0.39, 0.29) is 37.8 Å². The summed E-state index contributed by atoms with van der Waals surface area (Å²) in [6.45, 7) is 10.8. The quantitative estimate of drug-likeness (QED) is 0.122. The molecule has 0 bridgehead atoms. The molecule has 1 saturated carbocycles. The zero-order valence-electron chi connectivity index (χ0n) is 26.7. The second-order valence-corrected chi connectivity index (χ2v) is 22.0. The molecule has 0 unspecified atom stereocenters. The molecule has 4 aliphatic rings. The minimum atomic E-state index is -3.09. The second kappa shape index (κ2) is 11.9. The number of rotatable bonds is 10. The SMILES string of the molecule is CCCC[C@H](C)c1ncc(-c2ccc3c(c2)C(F)(F)c2cc(C4=CI=C([C@@H]5CC6(CC6)CI5C(=O)[C@@H](C)C(C)C)N4)ccc2-3)[nH]1. The Labute approximate surface area is 282 Å². The van der Waals surface area contributed by atoms with Gasteiger partial charge >= 0.3 is 224 Å². The number of H-pyrrole nitrogens is 1. The maximum absolute atomic E-state index is 16.2. The van der Waals surface area contributed by atoms with Crippen LogP contribution >= 0.6 is 40.6 Å². The fraction of sp³-hybridized carbons (Fsp3) is 0.486. The molecule has 1 aromatic heterocycles. The minimum absolute atomic E-state index is 0.0588. The van der Waals surface area contributed by atoms with Crippen molar-refractivity contribution in [2.45, 2.75) is 88.9 Å². The van der Waals surface area contributed by atoms with E-state index in [1.165, 1.54) is 20.9 Å². The van der Waals surface area contributed by atoms with Gasteiger partial charge in [0.15, 0.2) is 0 Å². The monoisotopic (exact) mass is 837 g/mol. The van der Waals surface area contributed by atoms with Gasteiger partial charge in [0.05, 0.1) is 6.20 Å². The number of unbranched alkanes of at least 4 members (excludes halogenated alkanes) is 1. The van der Waals surface area contributed by atoms with Gasteiger partial charge in [0, 0.05) is 5.92 Å². The van der Waals surface area contributed by atoms with Crippen LogP contribution in [-0.2, 0) is 10.7 Å².